The zero-order chi connectivity index (χ0) is 15.4. The Morgan fingerprint density at radius 3 is 2.76 bits per heavy atom. The van der Waals surface area contributed by atoms with Crippen LogP contribution in [0.3, 0.4) is 0 Å². The van der Waals surface area contributed by atoms with Gasteiger partial charge in [0.05, 0.1) is 10.7 Å². The number of hydrogen-bond donors (Lipinski definition) is 2. The molecule has 1 aromatic carbocycles. The van der Waals surface area contributed by atoms with Crippen LogP contribution in [0.5, 0.6) is 5.75 Å². The van der Waals surface area contributed by atoms with Crippen molar-refractivity contribution < 1.29 is 9.90 Å². The number of hydrazone groups is 1. The van der Waals surface area contributed by atoms with E-state index in [-0.39, 0.29) is 16.5 Å². The van der Waals surface area contributed by atoms with Gasteiger partial charge < -0.3 is 5.11 Å². The van der Waals surface area contributed by atoms with Crippen molar-refractivity contribution >= 4 is 34.8 Å². The molecule has 0 saturated carbocycles. The molecule has 1 heterocycles. The van der Waals surface area contributed by atoms with Gasteiger partial charge in [0.2, 0.25) is 0 Å². The Hall–Kier alpha value is -2.11. The lowest BCUT2D eigenvalue weighted by atomic mass is 10.1. The highest BCUT2D eigenvalue weighted by Crippen LogP contribution is 2.31. The molecule has 0 aliphatic rings. The molecular formula is C14H11Cl2N3O2. The molecule has 7 heteroatoms. The molecule has 2 aromatic rings. The Morgan fingerprint density at radius 1 is 1.33 bits per heavy atom. The van der Waals surface area contributed by atoms with E-state index in [0.29, 0.717) is 16.3 Å². The molecule has 108 valence electrons. The van der Waals surface area contributed by atoms with Crippen LogP contribution in [0.15, 0.2) is 41.6 Å². The number of pyridine rings is 1. The highest BCUT2D eigenvalue weighted by Gasteiger charge is 2.11. The van der Waals surface area contributed by atoms with Gasteiger partial charge in [-0.05, 0) is 31.2 Å². The fourth-order valence-electron chi connectivity index (χ4n) is 1.59. The van der Waals surface area contributed by atoms with E-state index in [2.05, 4.69) is 15.5 Å². The van der Waals surface area contributed by atoms with E-state index in [4.69, 9.17) is 23.2 Å². The standard InChI is InChI=1S/C14H11Cl2N3O2/c1-8(10-6-9(15)7-11(16)13(10)20)18-19-14(21)12-4-2-3-5-17-12/h2-7,20H,1H3,(H,19,21)/b18-8+. The van der Waals surface area contributed by atoms with Crippen LogP contribution in [0.1, 0.15) is 23.0 Å². The highest BCUT2D eigenvalue weighted by atomic mass is 35.5. The number of rotatable bonds is 3. The Labute approximate surface area is 131 Å². The number of aromatic nitrogens is 1. The summed E-state index contributed by atoms with van der Waals surface area (Å²) in [4.78, 5) is 15.7. The molecule has 0 atom stereocenters. The normalized spacial score (nSPS) is 11.3. The van der Waals surface area contributed by atoms with Crippen molar-refractivity contribution in [3.8, 4) is 5.75 Å². The van der Waals surface area contributed by atoms with Crippen LogP contribution in [0, 0.1) is 0 Å². The van der Waals surface area contributed by atoms with E-state index in [1.165, 1.54) is 18.3 Å². The third-order valence-corrected chi connectivity index (χ3v) is 3.15. The molecule has 2 rings (SSSR count). The summed E-state index contributed by atoms with van der Waals surface area (Å²) in [6.07, 6.45) is 1.51. The monoisotopic (exact) mass is 323 g/mol. The van der Waals surface area contributed by atoms with Gasteiger partial charge in [-0.2, -0.15) is 5.10 Å². The number of nitrogens with one attached hydrogen (secondary N) is 1. The van der Waals surface area contributed by atoms with Crippen molar-refractivity contribution in [2.75, 3.05) is 0 Å². The summed E-state index contributed by atoms with van der Waals surface area (Å²) < 4.78 is 0. The maximum absolute atomic E-state index is 11.8. The molecule has 0 radical (unpaired) electrons. The Bertz CT molecular complexity index is 703. The van der Waals surface area contributed by atoms with Gasteiger partial charge in [-0.1, -0.05) is 29.3 Å². The van der Waals surface area contributed by atoms with E-state index < -0.39 is 5.91 Å². The predicted molar refractivity (Wildman–Crippen MR) is 82.0 cm³/mol. The molecule has 0 bridgehead atoms. The summed E-state index contributed by atoms with van der Waals surface area (Å²) in [5, 5.41) is 14.3. The van der Waals surface area contributed by atoms with Crippen LogP contribution in [0.4, 0.5) is 0 Å². The van der Waals surface area contributed by atoms with Gasteiger partial charge >= 0.3 is 0 Å². The number of phenols is 1. The lowest BCUT2D eigenvalue weighted by Crippen LogP contribution is -2.20. The maximum Gasteiger partial charge on any atom is 0.289 e. The lowest BCUT2D eigenvalue weighted by molar-refractivity contribution is 0.0950. The number of benzene rings is 1. The van der Waals surface area contributed by atoms with E-state index in [1.807, 2.05) is 0 Å². The van der Waals surface area contributed by atoms with Crippen molar-refractivity contribution in [2.24, 2.45) is 5.10 Å². The van der Waals surface area contributed by atoms with Crippen molar-refractivity contribution in [3.05, 3.63) is 57.8 Å². The molecular weight excluding hydrogens is 313 g/mol. The van der Waals surface area contributed by atoms with Crippen LogP contribution < -0.4 is 5.43 Å². The Balaban J connectivity index is 2.21. The van der Waals surface area contributed by atoms with E-state index in [9.17, 15) is 9.90 Å². The summed E-state index contributed by atoms with van der Waals surface area (Å²) in [6.45, 7) is 1.61. The van der Waals surface area contributed by atoms with E-state index in [0.717, 1.165) is 0 Å². The minimum atomic E-state index is -0.456. The molecule has 1 aromatic heterocycles. The minimum Gasteiger partial charge on any atom is -0.506 e. The van der Waals surface area contributed by atoms with Crippen molar-refractivity contribution in [1.82, 2.24) is 10.4 Å². The summed E-state index contributed by atoms with van der Waals surface area (Å²) in [6, 6.07) is 7.89. The SMILES string of the molecule is C/C(=N\NC(=O)c1ccccn1)c1cc(Cl)cc(Cl)c1O. The quantitative estimate of drug-likeness (QED) is 0.672. The van der Waals surface area contributed by atoms with Crippen molar-refractivity contribution in [3.63, 3.8) is 0 Å². The first-order valence-electron chi connectivity index (χ1n) is 5.93. The van der Waals surface area contributed by atoms with Gasteiger partial charge in [0, 0.05) is 16.8 Å². The van der Waals surface area contributed by atoms with Gasteiger partial charge in [0.1, 0.15) is 11.4 Å². The smallest absolute Gasteiger partial charge is 0.289 e. The van der Waals surface area contributed by atoms with Gasteiger partial charge in [0.25, 0.3) is 5.91 Å². The van der Waals surface area contributed by atoms with Gasteiger partial charge in [-0.25, -0.2) is 5.43 Å². The van der Waals surface area contributed by atoms with Gasteiger partial charge in [-0.3, -0.25) is 9.78 Å². The lowest BCUT2D eigenvalue weighted by Gasteiger charge is -2.07. The number of halogens is 2. The second-order valence-electron chi connectivity index (χ2n) is 4.14. The van der Waals surface area contributed by atoms with E-state index >= 15 is 0 Å². The molecule has 0 aliphatic heterocycles. The molecule has 0 fully saturated rings. The van der Waals surface area contributed by atoms with Crippen LogP contribution in [-0.4, -0.2) is 21.7 Å². The average Bonchev–Trinajstić information content (AvgIpc) is 2.49. The highest BCUT2D eigenvalue weighted by molar-refractivity contribution is 6.36. The number of hydrogen-bond acceptors (Lipinski definition) is 4. The molecule has 0 saturated heterocycles. The zero-order valence-electron chi connectivity index (χ0n) is 11.0. The topological polar surface area (TPSA) is 74.6 Å². The largest absolute Gasteiger partial charge is 0.506 e. The molecule has 5 nitrogen and oxygen atoms in total. The molecule has 0 spiro atoms. The van der Waals surface area contributed by atoms with Crippen LogP contribution in [0.25, 0.3) is 0 Å². The third-order valence-electron chi connectivity index (χ3n) is 2.64. The van der Waals surface area contributed by atoms with Crippen LogP contribution in [0.2, 0.25) is 10.0 Å². The first-order chi connectivity index (χ1) is 9.99. The number of carbonyl (C=O) groups is 1. The number of aromatic hydroxyl groups is 1. The number of nitrogens with zero attached hydrogens (tertiary/aromatic N) is 2. The van der Waals surface area contributed by atoms with Gasteiger partial charge in [-0.15, -0.1) is 0 Å². The van der Waals surface area contributed by atoms with E-state index in [1.54, 1.807) is 25.1 Å². The summed E-state index contributed by atoms with van der Waals surface area (Å²) >= 11 is 11.7. The molecule has 2 N–H and O–H groups in total. The van der Waals surface area contributed by atoms with Gasteiger partial charge in [0.15, 0.2) is 0 Å². The number of amides is 1. The minimum absolute atomic E-state index is 0.114. The molecule has 0 aliphatic carbocycles. The predicted octanol–water partition coefficient (Wildman–Crippen LogP) is 3.25. The second-order valence-corrected chi connectivity index (χ2v) is 4.98. The maximum atomic E-state index is 11.8. The second kappa shape index (κ2) is 6.56. The Morgan fingerprint density at radius 2 is 2.10 bits per heavy atom. The van der Waals surface area contributed by atoms with Crippen molar-refractivity contribution in [2.45, 2.75) is 6.92 Å². The number of carbonyl (C=O) groups excluding carboxylic acids is 1. The third kappa shape index (κ3) is 3.71. The first-order valence-corrected chi connectivity index (χ1v) is 6.68. The van der Waals surface area contributed by atoms with Crippen LogP contribution in [-0.2, 0) is 0 Å². The fourth-order valence-corrected chi connectivity index (χ4v) is 2.08. The summed E-state index contributed by atoms with van der Waals surface area (Å²) in [7, 11) is 0. The van der Waals surface area contributed by atoms with Crippen molar-refractivity contribution in [1.29, 1.82) is 0 Å². The molecule has 21 heavy (non-hydrogen) atoms. The number of phenolic OH excluding ortho intramolecular Hbond substituents is 1. The van der Waals surface area contributed by atoms with Crippen LogP contribution >= 0.6 is 23.2 Å². The fraction of sp³-hybridized carbons (Fsp3) is 0.0714. The zero-order valence-corrected chi connectivity index (χ0v) is 12.5. The molecule has 1 amide bonds. The Kier molecular flexibility index (Phi) is 4.77. The molecule has 0 unspecified atom stereocenters. The first kappa shape index (κ1) is 15.3. The average molecular weight is 324 g/mol. The summed E-state index contributed by atoms with van der Waals surface area (Å²) in [5.74, 6) is -0.600. The summed E-state index contributed by atoms with van der Waals surface area (Å²) in [5.41, 5.74) is 3.29.